The summed E-state index contributed by atoms with van der Waals surface area (Å²) in [5.74, 6) is 1.78. The van der Waals surface area contributed by atoms with Crippen molar-refractivity contribution in [2.24, 2.45) is 10.9 Å². The normalized spacial score (nSPS) is 18.6. The number of aliphatic imine (C=N–C) groups is 1. The van der Waals surface area contributed by atoms with Crippen molar-refractivity contribution >= 4 is 17.3 Å². The molecule has 1 unspecified atom stereocenters. The van der Waals surface area contributed by atoms with Gasteiger partial charge in [-0.1, -0.05) is 6.92 Å². The summed E-state index contributed by atoms with van der Waals surface area (Å²) in [6, 6.07) is 0.536. The van der Waals surface area contributed by atoms with Crippen LogP contribution in [0.15, 0.2) is 4.99 Å². The quantitative estimate of drug-likeness (QED) is 0.611. The summed E-state index contributed by atoms with van der Waals surface area (Å²) in [6.07, 6.45) is 2.64. The number of guanidine groups is 1. The molecule has 0 amide bonds. The van der Waals surface area contributed by atoms with Crippen molar-refractivity contribution < 1.29 is 0 Å². The van der Waals surface area contributed by atoms with Gasteiger partial charge in [-0.15, -0.1) is 11.3 Å². The van der Waals surface area contributed by atoms with Crippen molar-refractivity contribution in [3.8, 4) is 0 Å². The second kappa shape index (κ2) is 9.37. The maximum Gasteiger partial charge on any atom is 0.191 e. The Balaban J connectivity index is 1.86. The Hall–Kier alpha value is -1.14. The van der Waals surface area contributed by atoms with Crippen LogP contribution in [0.5, 0.6) is 0 Å². The molecule has 136 valence electrons. The predicted octanol–water partition coefficient (Wildman–Crippen LogP) is 2.94. The van der Waals surface area contributed by atoms with Crippen LogP contribution < -0.4 is 10.6 Å². The van der Waals surface area contributed by atoms with Crippen molar-refractivity contribution in [2.45, 2.75) is 60.0 Å². The number of nitrogens with zero attached hydrogens (tertiary/aromatic N) is 3. The van der Waals surface area contributed by atoms with E-state index in [1.165, 1.54) is 30.8 Å². The average Bonchev–Trinajstić information content (AvgIpc) is 2.88. The van der Waals surface area contributed by atoms with Gasteiger partial charge in [0.15, 0.2) is 5.96 Å². The number of likely N-dealkylation sites (tertiary alicyclic amines) is 1. The molecular formula is C18H33N5S. The Morgan fingerprint density at radius 1 is 1.33 bits per heavy atom. The number of hydrogen-bond acceptors (Lipinski definition) is 4. The number of aromatic nitrogens is 1. The van der Waals surface area contributed by atoms with E-state index < -0.39 is 0 Å². The molecule has 0 aromatic carbocycles. The molecule has 5 nitrogen and oxygen atoms in total. The SMILES string of the molecule is CCNC(=NCc1sc(C)nc1C)NCC(C)N1CCC(C)CC1. The van der Waals surface area contributed by atoms with Crippen molar-refractivity contribution in [2.75, 3.05) is 26.2 Å². The van der Waals surface area contributed by atoms with Crippen LogP contribution in [-0.2, 0) is 6.54 Å². The largest absolute Gasteiger partial charge is 0.357 e. The Morgan fingerprint density at radius 3 is 2.62 bits per heavy atom. The van der Waals surface area contributed by atoms with E-state index in [1.807, 2.05) is 0 Å². The molecule has 1 fully saturated rings. The van der Waals surface area contributed by atoms with Gasteiger partial charge in [-0.2, -0.15) is 0 Å². The van der Waals surface area contributed by atoms with Crippen molar-refractivity contribution in [3.05, 3.63) is 15.6 Å². The molecule has 2 rings (SSSR count). The number of thiazole rings is 1. The van der Waals surface area contributed by atoms with Gasteiger partial charge in [0.05, 0.1) is 17.2 Å². The second-order valence-corrected chi connectivity index (χ2v) is 8.17. The van der Waals surface area contributed by atoms with Crippen LogP contribution in [-0.4, -0.2) is 48.1 Å². The summed E-state index contributed by atoms with van der Waals surface area (Å²) in [5, 5.41) is 7.97. The first-order valence-corrected chi connectivity index (χ1v) is 10.00. The lowest BCUT2D eigenvalue weighted by Crippen LogP contribution is -2.48. The molecule has 1 aliphatic heterocycles. The smallest absolute Gasteiger partial charge is 0.191 e. The molecule has 2 heterocycles. The zero-order valence-corrected chi connectivity index (χ0v) is 16.7. The van der Waals surface area contributed by atoms with E-state index in [1.54, 1.807) is 11.3 Å². The van der Waals surface area contributed by atoms with Crippen LogP contribution in [0.2, 0.25) is 0 Å². The number of aryl methyl sites for hydroxylation is 2. The van der Waals surface area contributed by atoms with Gasteiger partial charge < -0.3 is 10.6 Å². The fourth-order valence-corrected chi connectivity index (χ4v) is 3.92. The van der Waals surface area contributed by atoms with Gasteiger partial charge >= 0.3 is 0 Å². The van der Waals surface area contributed by atoms with Crippen LogP contribution in [0.25, 0.3) is 0 Å². The maximum absolute atomic E-state index is 4.73. The zero-order valence-electron chi connectivity index (χ0n) is 15.9. The highest BCUT2D eigenvalue weighted by atomic mass is 32.1. The van der Waals surface area contributed by atoms with Gasteiger partial charge in [0.2, 0.25) is 0 Å². The van der Waals surface area contributed by atoms with E-state index >= 15 is 0 Å². The molecule has 1 aromatic rings. The third kappa shape index (κ3) is 5.74. The molecular weight excluding hydrogens is 318 g/mol. The molecule has 6 heteroatoms. The van der Waals surface area contributed by atoms with Crippen molar-refractivity contribution in [3.63, 3.8) is 0 Å². The molecule has 24 heavy (non-hydrogen) atoms. The summed E-state index contributed by atoms with van der Waals surface area (Å²) < 4.78 is 0. The Bertz CT molecular complexity index is 532. The number of hydrogen-bond donors (Lipinski definition) is 2. The number of nitrogens with one attached hydrogen (secondary N) is 2. The highest BCUT2D eigenvalue weighted by Crippen LogP contribution is 2.18. The third-order valence-electron chi connectivity index (χ3n) is 4.73. The summed E-state index contributed by atoms with van der Waals surface area (Å²) >= 11 is 1.74. The van der Waals surface area contributed by atoms with E-state index in [0.717, 1.165) is 35.7 Å². The van der Waals surface area contributed by atoms with Crippen molar-refractivity contribution in [1.82, 2.24) is 20.5 Å². The molecule has 2 N–H and O–H groups in total. The Labute approximate surface area is 151 Å². The van der Waals surface area contributed by atoms with Gasteiger partial charge in [0.25, 0.3) is 0 Å². The molecule has 1 aliphatic rings. The van der Waals surface area contributed by atoms with E-state index in [-0.39, 0.29) is 0 Å². The van der Waals surface area contributed by atoms with Gasteiger partial charge in [-0.3, -0.25) is 4.90 Å². The minimum Gasteiger partial charge on any atom is -0.357 e. The Morgan fingerprint density at radius 2 is 2.04 bits per heavy atom. The lowest BCUT2D eigenvalue weighted by atomic mass is 9.98. The average molecular weight is 352 g/mol. The minimum absolute atomic E-state index is 0.536. The van der Waals surface area contributed by atoms with Gasteiger partial charge in [0.1, 0.15) is 0 Å². The maximum atomic E-state index is 4.73. The zero-order chi connectivity index (χ0) is 17.5. The number of rotatable bonds is 6. The van der Waals surface area contributed by atoms with Gasteiger partial charge in [-0.25, -0.2) is 9.98 Å². The first-order valence-electron chi connectivity index (χ1n) is 9.18. The lowest BCUT2D eigenvalue weighted by molar-refractivity contribution is 0.147. The fraction of sp³-hybridized carbons (Fsp3) is 0.778. The highest BCUT2D eigenvalue weighted by Gasteiger charge is 2.20. The molecule has 0 bridgehead atoms. The molecule has 1 aromatic heterocycles. The summed E-state index contributed by atoms with van der Waals surface area (Å²) in [4.78, 5) is 13.1. The highest BCUT2D eigenvalue weighted by molar-refractivity contribution is 7.11. The standard InChI is InChI=1S/C18H33N5S/c1-6-19-18(21-12-17-15(4)22-16(5)24-17)20-11-14(3)23-9-7-13(2)8-10-23/h13-14H,6-12H2,1-5H3,(H2,19,20,21). The first-order chi connectivity index (χ1) is 11.5. The van der Waals surface area contributed by atoms with Crippen LogP contribution in [0, 0.1) is 19.8 Å². The first kappa shape index (κ1) is 19.2. The van der Waals surface area contributed by atoms with Crippen LogP contribution >= 0.6 is 11.3 Å². The van der Waals surface area contributed by atoms with Gasteiger partial charge in [0, 0.05) is 24.0 Å². The molecule has 0 spiro atoms. The van der Waals surface area contributed by atoms with Crippen molar-refractivity contribution in [1.29, 1.82) is 0 Å². The second-order valence-electron chi connectivity index (χ2n) is 6.89. The number of piperidine rings is 1. The molecule has 0 saturated carbocycles. The summed E-state index contributed by atoms with van der Waals surface area (Å²) in [6.45, 7) is 15.8. The Kier molecular flexibility index (Phi) is 7.49. The predicted molar refractivity (Wildman–Crippen MR) is 104 cm³/mol. The fourth-order valence-electron chi connectivity index (χ4n) is 3.06. The van der Waals surface area contributed by atoms with E-state index in [0.29, 0.717) is 12.6 Å². The van der Waals surface area contributed by atoms with Crippen LogP contribution in [0.4, 0.5) is 0 Å². The topological polar surface area (TPSA) is 52.6 Å². The summed E-state index contributed by atoms with van der Waals surface area (Å²) in [5.41, 5.74) is 1.10. The van der Waals surface area contributed by atoms with Crippen LogP contribution in [0.3, 0.4) is 0 Å². The van der Waals surface area contributed by atoms with E-state index in [4.69, 9.17) is 4.99 Å². The molecule has 1 atom stereocenters. The molecule has 0 aliphatic carbocycles. The third-order valence-corrected chi connectivity index (χ3v) is 5.79. The van der Waals surface area contributed by atoms with E-state index in [9.17, 15) is 0 Å². The lowest BCUT2D eigenvalue weighted by Gasteiger charge is -2.35. The minimum atomic E-state index is 0.536. The van der Waals surface area contributed by atoms with Crippen LogP contribution in [0.1, 0.15) is 49.2 Å². The van der Waals surface area contributed by atoms with Gasteiger partial charge in [-0.05, 0) is 59.5 Å². The molecule has 1 saturated heterocycles. The monoisotopic (exact) mass is 351 g/mol. The summed E-state index contributed by atoms with van der Waals surface area (Å²) in [7, 11) is 0. The molecule has 0 radical (unpaired) electrons. The van der Waals surface area contributed by atoms with E-state index in [2.05, 4.69) is 55.1 Å².